The summed E-state index contributed by atoms with van der Waals surface area (Å²) in [7, 11) is 1.71. The molecule has 1 amide bonds. The Bertz CT molecular complexity index is 290. The van der Waals surface area contributed by atoms with E-state index in [4.69, 9.17) is 9.47 Å². The van der Waals surface area contributed by atoms with Crippen LogP contribution in [0.4, 0.5) is 0 Å². The van der Waals surface area contributed by atoms with Crippen LogP contribution in [0.3, 0.4) is 0 Å². The molecule has 118 valence electrons. The van der Waals surface area contributed by atoms with E-state index in [2.05, 4.69) is 10.6 Å². The highest BCUT2D eigenvalue weighted by Crippen LogP contribution is 2.19. The number of halogens is 1. The highest BCUT2D eigenvalue weighted by molar-refractivity contribution is 5.85. The number of nitrogens with one attached hydrogen (secondary N) is 2. The second kappa shape index (κ2) is 8.82. The number of methoxy groups -OCH3 is 1. The highest BCUT2D eigenvalue weighted by atomic mass is 35.5. The number of hydrogen-bond acceptors (Lipinski definition) is 4. The van der Waals surface area contributed by atoms with Gasteiger partial charge in [0.2, 0.25) is 5.91 Å². The molecule has 2 heterocycles. The number of carbonyl (C=O) groups excluding carboxylic acids is 1. The molecule has 2 rings (SSSR count). The van der Waals surface area contributed by atoms with Crippen molar-refractivity contribution in [1.82, 2.24) is 10.6 Å². The summed E-state index contributed by atoms with van der Waals surface area (Å²) in [6, 6.07) is 0. The quantitative estimate of drug-likeness (QED) is 0.743. The third-order valence-electron chi connectivity index (χ3n) is 4.09. The first-order valence-corrected chi connectivity index (χ1v) is 7.36. The fraction of sp³-hybridized carbons (Fsp3) is 0.929. The van der Waals surface area contributed by atoms with Gasteiger partial charge in [-0.25, -0.2) is 0 Å². The lowest BCUT2D eigenvalue weighted by molar-refractivity contribution is -0.122. The number of ether oxygens (including phenoxy) is 2. The van der Waals surface area contributed by atoms with Gasteiger partial charge in [-0.3, -0.25) is 4.79 Å². The highest BCUT2D eigenvalue weighted by Gasteiger charge is 2.33. The zero-order valence-electron chi connectivity index (χ0n) is 12.3. The fourth-order valence-electron chi connectivity index (χ4n) is 2.99. The largest absolute Gasteiger partial charge is 0.383 e. The van der Waals surface area contributed by atoms with Gasteiger partial charge < -0.3 is 20.1 Å². The van der Waals surface area contributed by atoms with Gasteiger partial charge in [0.1, 0.15) is 0 Å². The standard InChI is InChI=1S/C14H26N2O3.ClH/c1-18-11-14(7-3-8-16-14)10-15-13(17)6-5-12-4-2-9-19-12;/h12,16H,2-11H2,1H3,(H,15,17);1H. The van der Waals surface area contributed by atoms with E-state index in [1.54, 1.807) is 7.11 Å². The van der Waals surface area contributed by atoms with Crippen LogP contribution in [0.5, 0.6) is 0 Å². The summed E-state index contributed by atoms with van der Waals surface area (Å²) in [5, 5.41) is 6.50. The van der Waals surface area contributed by atoms with Crippen LogP contribution in [0, 0.1) is 0 Å². The molecule has 5 nitrogen and oxygen atoms in total. The van der Waals surface area contributed by atoms with Crippen molar-refractivity contribution >= 4 is 18.3 Å². The average molecular weight is 307 g/mol. The van der Waals surface area contributed by atoms with Gasteiger partial charge in [-0.2, -0.15) is 0 Å². The molecule has 0 radical (unpaired) electrons. The topological polar surface area (TPSA) is 59.6 Å². The Morgan fingerprint density at radius 3 is 2.95 bits per heavy atom. The second-order valence-corrected chi connectivity index (χ2v) is 5.69. The minimum Gasteiger partial charge on any atom is -0.383 e. The van der Waals surface area contributed by atoms with Gasteiger partial charge in [0.05, 0.1) is 18.2 Å². The minimum atomic E-state index is -0.0612. The van der Waals surface area contributed by atoms with Gasteiger partial charge in [-0.15, -0.1) is 12.4 Å². The first kappa shape index (κ1) is 17.7. The zero-order chi connectivity index (χ0) is 13.6. The molecule has 20 heavy (non-hydrogen) atoms. The lowest BCUT2D eigenvalue weighted by Crippen LogP contribution is -2.53. The summed E-state index contributed by atoms with van der Waals surface area (Å²) in [5.41, 5.74) is -0.0612. The van der Waals surface area contributed by atoms with E-state index in [9.17, 15) is 4.79 Å². The molecule has 2 saturated heterocycles. The Morgan fingerprint density at radius 2 is 2.35 bits per heavy atom. The molecule has 6 heteroatoms. The SMILES string of the molecule is COCC1(CNC(=O)CCC2CCCO2)CCCN1.Cl. The van der Waals surface area contributed by atoms with Crippen LogP contribution in [-0.4, -0.2) is 51.0 Å². The maximum absolute atomic E-state index is 11.9. The predicted octanol–water partition coefficient (Wildman–Crippen LogP) is 1.25. The smallest absolute Gasteiger partial charge is 0.220 e. The van der Waals surface area contributed by atoms with E-state index in [0.29, 0.717) is 25.7 Å². The molecule has 2 unspecified atom stereocenters. The average Bonchev–Trinajstić information content (AvgIpc) is 3.06. The van der Waals surface area contributed by atoms with Crippen molar-refractivity contribution in [2.45, 2.75) is 50.2 Å². The number of hydrogen-bond donors (Lipinski definition) is 2. The van der Waals surface area contributed by atoms with Crippen molar-refractivity contribution < 1.29 is 14.3 Å². The zero-order valence-corrected chi connectivity index (χ0v) is 13.1. The third kappa shape index (κ3) is 5.20. The van der Waals surface area contributed by atoms with Crippen molar-refractivity contribution in [1.29, 1.82) is 0 Å². The normalized spacial score (nSPS) is 29.1. The molecule has 0 bridgehead atoms. The van der Waals surface area contributed by atoms with Crippen molar-refractivity contribution in [3.63, 3.8) is 0 Å². The summed E-state index contributed by atoms with van der Waals surface area (Å²) < 4.78 is 10.8. The second-order valence-electron chi connectivity index (χ2n) is 5.69. The number of carbonyl (C=O) groups is 1. The van der Waals surface area contributed by atoms with Crippen molar-refractivity contribution in [2.75, 3.05) is 33.4 Å². The molecule has 2 fully saturated rings. The third-order valence-corrected chi connectivity index (χ3v) is 4.09. The molecular formula is C14H27ClN2O3. The first-order chi connectivity index (χ1) is 9.24. The minimum absolute atomic E-state index is 0. The maximum Gasteiger partial charge on any atom is 0.220 e. The predicted molar refractivity (Wildman–Crippen MR) is 80.3 cm³/mol. The summed E-state index contributed by atoms with van der Waals surface area (Å²) in [4.78, 5) is 11.9. The molecule has 0 aromatic carbocycles. The van der Waals surface area contributed by atoms with E-state index in [1.807, 2.05) is 0 Å². The van der Waals surface area contributed by atoms with Crippen LogP contribution in [0.15, 0.2) is 0 Å². The van der Waals surface area contributed by atoms with Gasteiger partial charge in [-0.1, -0.05) is 0 Å². The lowest BCUT2D eigenvalue weighted by atomic mass is 9.98. The van der Waals surface area contributed by atoms with Crippen molar-refractivity contribution in [3.05, 3.63) is 0 Å². The van der Waals surface area contributed by atoms with Crippen molar-refractivity contribution in [3.8, 4) is 0 Å². The van der Waals surface area contributed by atoms with Crippen molar-refractivity contribution in [2.24, 2.45) is 0 Å². The molecule has 0 aromatic rings. The van der Waals surface area contributed by atoms with Gasteiger partial charge in [0.25, 0.3) is 0 Å². The molecule has 2 aliphatic heterocycles. The van der Waals surface area contributed by atoms with Crippen LogP contribution in [0.2, 0.25) is 0 Å². The van der Waals surface area contributed by atoms with E-state index >= 15 is 0 Å². The van der Waals surface area contributed by atoms with Crippen LogP contribution >= 0.6 is 12.4 Å². The molecule has 0 aliphatic carbocycles. The van der Waals surface area contributed by atoms with E-state index in [-0.39, 0.29) is 23.9 Å². The van der Waals surface area contributed by atoms with E-state index in [1.165, 1.54) is 0 Å². The molecule has 0 saturated carbocycles. The Labute approximate surface area is 127 Å². The van der Waals surface area contributed by atoms with Crippen LogP contribution in [0.1, 0.15) is 38.5 Å². The Hall–Kier alpha value is -0.360. The Kier molecular flexibility index (Phi) is 7.80. The van der Waals surface area contributed by atoms with Crippen LogP contribution < -0.4 is 10.6 Å². The van der Waals surface area contributed by atoms with Gasteiger partial charge in [-0.05, 0) is 38.6 Å². The Morgan fingerprint density at radius 1 is 1.50 bits per heavy atom. The summed E-state index contributed by atoms with van der Waals surface area (Å²) >= 11 is 0. The molecule has 0 aromatic heterocycles. The van der Waals surface area contributed by atoms with Crippen LogP contribution in [0.25, 0.3) is 0 Å². The molecule has 2 aliphatic rings. The summed E-state index contributed by atoms with van der Waals surface area (Å²) in [5.74, 6) is 0.125. The van der Waals surface area contributed by atoms with Crippen LogP contribution in [-0.2, 0) is 14.3 Å². The number of amides is 1. The monoisotopic (exact) mass is 306 g/mol. The molecule has 0 spiro atoms. The van der Waals surface area contributed by atoms with Gasteiger partial charge in [0.15, 0.2) is 0 Å². The number of rotatable bonds is 7. The van der Waals surface area contributed by atoms with Gasteiger partial charge in [0, 0.05) is 26.7 Å². The van der Waals surface area contributed by atoms with Gasteiger partial charge >= 0.3 is 0 Å². The summed E-state index contributed by atoms with van der Waals surface area (Å²) in [6.45, 7) is 3.17. The molecular weight excluding hydrogens is 280 g/mol. The molecule has 2 N–H and O–H groups in total. The Balaban J connectivity index is 0.00000200. The maximum atomic E-state index is 11.9. The molecule has 2 atom stereocenters. The van der Waals surface area contributed by atoms with E-state index < -0.39 is 0 Å². The first-order valence-electron chi connectivity index (χ1n) is 7.36. The van der Waals surface area contributed by atoms with E-state index in [0.717, 1.165) is 45.3 Å². The lowest BCUT2D eigenvalue weighted by Gasteiger charge is -2.29. The fourth-order valence-corrected chi connectivity index (χ4v) is 2.99. The summed E-state index contributed by atoms with van der Waals surface area (Å²) in [6.07, 6.45) is 6.14.